The molecule has 1 aliphatic heterocycles. The lowest BCUT2D eigenvalue weighted by atomic mass is 9.90. The van der Waals surface area contributed by atoms with Crippen LogP contribution in [0, 0.1) is 0 Å². The molecule has 0 N–H and O–H groups in total. The fraction of sp³-hybridized carbons (Fsp3) is 0.267. The van der Waals surface area contributed by atoms with Crippen molar-refractivity contribution in [3.63, 3.8) is 0 Å². The maximum absolute atomic E-state index is 12.1. The van der Waals surface area contributed by atoms with Crippen molar-refractivity contribution >= 4 is 11.4 Å². The number of allylic oxidation sites excluding steroid dienone is 3. The average Bonchev–Trinajstić information content (AvgIpc) is 3.14. The van der Waals surface area contributed by atoms with Crippen LogP contribution < -0.4 is 0 Å². The van der Waals surface area contributed by atoms with Gasteiger partial charge in [-0.3, -0.25) is 4.79 Å². The predicted molar refractivity (Wildman–Crippen MR) is 66.5 cm³/mol. The molecule has 1 saturated heterocycles. The number of Topliss-reactive ketones (excluding diaryl/α,β-unsaturated/α-hetero) is 1. The minimum atomic E-state index is 0.217. The molecule has 2 heteroatoms. The summed E-state index contributed by atoms with van der Waals surface area (Å²) < 4.78 is 5.19. The molecule has 1 atom stereocenters. The fourth-order valence-electron chi connectivity index (χ4n) is 2.15. The third-order valence-electron chi connectivity index (χ3n) is 3.15. The average molecular weight is 226 g/mol. The van der Waals surface area contributed by atoms with E-state index in [4.69, 9.17) is 4.74 Å². The number of epoxide rings is 1. The molecule has 0 aromatic heterocycles. The number of rotatable bonds is 3. The van der Waals surface area contributed by atoms with Gasteiger partial charge < -0.3 is 4.74 Å². The largest absolute Gasteiger partial charge is 0.373 e. The number of carbonyl (C=O) groups is 1. The van der Waals surface area contributed by atoms with Gasteiger partial charge in [0.2, 0.25) is 0 Å². The highest BCUT2D eigenvalue weighted by atomic mass is 16.6. The highest BCUT2D eigenvalue weighted by Gasteiger charge is 2.26. The second-order valence-electron chi connectivity index (χ2n) is 4.53. The molecular weight excluding hydrogens is 212 g/mol. The van der Waals surface area contributed by atoms with Crippen LogP contribution in [0.5, 0.6) is 0 Å². The predicted octanol–water partition coefficient (Wildman–Crippen LogP) is 2.76. The summed E-state index contributed by atoms with van der Waals surface area (Å²) in [5.41, 5.74) is 3.03. The molecule has 1 aliphatic carbocycles. The molecule has 1 aromatic carbocycles. The van der Waals surface area contributed by atoms with E-state index in [2.05, 4.69) is 6.08 Å². The smallest absolute Gasteiger partial charge is 0.167 e. The summed E-state index contributed by atoms with van der Waals surface area (Å²) >= 11 is 0. The summed E-state index contributed by atoms with van der Waals surface area (Å²) in [5.74, 6) is 0.217. The van der Waals surface area contributed by atoms with Crippen LogP contribution in [-0.4, -0.2) is 18.5 Å². The second-order valence-corrected chi connectivity index (χ2v) is 4.53. The quantitative estimate of drug-likeness (QED) is 0.742. The number of ether oxygens (including phenoxy) is 1. The van der Waals surface area contributed by atoms with Gasteiger partial charge in [-0.05, 0) is 12.0 Å². The zero-order chi connectivity index (χ0) is 11.7. The van der Waals surface area contributed by atoms with Gasteiger partial charge in [0, 0.05) is 12.0 Å². The van der Waals surface area contributed by atoms with Crippen molar-refractivity contribution in [1.29, 1.82) is 0 Å². The minimum absolute atomic E-state index is 0.217. The van der Waals surface area contributed by atoms with Gasteiger partial charge in [-0.1, -0.05) is 48.1 Å². The van der Waals surface area contributed by atoms with E-state index in [0.29, 0.717) is 12.5 Å². The Balaban J connectivity index is 1.83. The van der Waals surface area contributed by atoms with Crippen LogP contribution in [0.3, 0.4) is 0 Å². The summed E-state index contributed by atoms with van der Waals surface area (Å²) in [5, 5.41) is 0. The lowest BCUT2D eigenvalue weighted by molar-refractivity contribution is -0.113. The number of ketones is 1. The Morgan fingerprint density at radius 1 is 1.18 bits per heavy atom. The van der Waals surface area contributed by atoms with Crippen LogP contribution in [0.1, 0.15) is 18.4 Å². The van der Waals surface area contributed by atoms with Crippen molar-refractivity contribution in [1.82, 2.24) is 0 Å². The molecule has 0 amide bonds. The van der Waals surface area contributed by atoms with Crippen molar-refractivity contribution in [3.05, 3.63) is 53.6 Å². The zero-order valence-electron chi connectivity index (χ0n) is 9.56. The van der Waals surface area contributed by atoms with Gasteiger partial charge in [0.1, 0.15) is 0 Å². The van der Waals surface area contributed by atoms with Crippen molar-refractivity contribution in [2.75, 3.05) is 6.61 Å². The summed E-state index contributed by atoms with van der Waals surface area (Å²) in [4.78, 5) is 12.1. The Morgan fingerprint density at radius 2 is 1.94 bits per heavy atom. The van der Waals surface area contributed by atoms with Crippen molar-refractivity contribution in [2.45, 2.75) is 18.9 Å². The summed E-state index contributed by atoms with van der Waals surface area (Å²) in [6.07, 6.45) is 5.83. The lowest BCUT2D eigenvalue weighted by Gasteiger charge is -2.13. The Kier molecular flexibility index (Phi) is 2.65. The molecule has 3 rings (SSSR count). The molecule has 0 saturated carbocycles. The first-order chi connectivity index (χ1) is 8.33. The monoisotopic (exact) mass is 226 g/mol. The SMILES string of the molecule is O=C1CC(CC2CO2)=CC=C1c1ccccc1. The Bertz CT molecular complexity index is 493. The molecule has 17 heavy (non-hydrogen) atoms. The molecule has 0 spiro atoms. The molecule has 0 radical (unpaired) electrons. The van der Waals surface area contributed by atoms with Crippen molar-refractivity contribution in [3.8, 4) is 0 Å². The van der Waals surface area contributed by atoms with E-state index >= 15 is 0 Å². The van der Waals surface area contributed by atoms with Crippen LogP contribution in [0.2, 0.25) is 0 Å². The van der Waals surface area contributed by atoms with E-state index in [-0.39, 0.29) is 5.78 Å². The Hall–Kier alpha value is -1.67. The molecule has 1 heterocycles. The van der Waals surface area contributed by atoms with Crippen LogP contribution in [-0.2, 0) is 9.53 Å². The Morgan fingerprint density at radius 3 is 2.59 bits per heavy atom. The van der Waals surface area contributed by atoms with Crippen molar-refractivity contribution in [2.24, 2.45) is 0 Å². The topological polar surface area (TPSA) is 29.6 Å². The van der Waals surface area contributed by atoms with E-state index in [1.54, 1.807) is 0 Å². The normalized spacial score (nSPS) is 23.1. The molecule has 86 valence electrons. The van der Waals surface area contributed by atoms with E-state index in [9.17, 15) is 4.79 Å². The third kappa shape index (κ3) is 2.37. The first-order valence-electron chi connectivity index (χ1n) is 5.93. The maximum atomic E-state index is 12.1. The van der Waals surface area contributed by atoms with Gasteiger partial charge in [-0.25, -0.2) is 0 Å². The van der Waals surface area contributed by atoms with Gasteiger partial charge in [-0.15, -0.1) is 0 Å². The number of hydrogen-bond acceptors (Lipinski definition) is 2. The van der Waals surface area contributed by atoms with E-state index in [1.807, 2.05) is 36.4 Å². The lowest BCUT2D eigenvalue weighted by Crippen LogP contribution is -2.08. The van der Waals surface area contributed by atoms with E-state index in [0.717, 1.165) is 24.2 Å². The highest BCUT2D eigenvalue weighted by molar-refractivity contribution is 6.22. The van der Waals surface area contributed by atoms with Crippen LogP contribution >= 0.6 is 0 Å². The number of hydrogen-bond donors (Lipinski definition) is 0. The Labute approximate surface area is 101 Å². The van der Waals surface area contributed by atoms with Crippen molar-refractivity contribution < 1.29 is 9.53 Å². The number of benzene rings is 1. The van der Waals surface area contributed by atoms with Crippen LogP contribution in [0.4, 0.5) is 0 Å². The summed E-state index contributed by atoms with van der Waals surface area (Å²) in [6, 6.07) is 9.84. The van der Waals surface area contributed by atoms with Gasteiger partial charge in [0.05, 0.1) is 12.7 Å². The first kappa shape index (κ1) is 10.5. The van der Waals surface area contributed by atoms with Crippen LogP contribution in [0.15, 0.2) is 48.1 Å². The third-order valence-corrected chi connectivity index (χ3v) is 3.15. The minimum Gasteiger partial charge on any atom is -0.373 e. The zero-order valence-corrected chi connectivity index (χ0v) is 9.56. The van der Waals surface area contributed by atoms with E-state index in [1.165, 1.54) is 5.57 Å². The maximum Gasteiger partial charge on any atom is 0.167 e. The molecule has 1 aromatic rings. The highest BCUT2D eigenvalue weighted by Crippen LogP contribution is 2.28. The van der Waals surface area contributed by atoms with Gasteiger partial charge >= 0.3 is 0 Å². The van der Waals surface area contributed by atoms with Crippen LogP contribution in [0.25, 0.3) is 5.57 Å². The first-order valence-corrected chi connectivity index (χ1v) is 5.93. The fourth-order valence-corrected chi connectivity index (χ4v) is 2.15. The molecule has 1 unspecified atom stereocenters. The molecule has 0 bridgehead atoms. The standard InChI is InChI=1S/C15H14O2/c16-15-9-11(8-13-10-17-13)6-7-14(15)12-4-2-1-3-5-12/h1-7,13H,8-10H2. The second kappa shape index (κ2) is 4.30. The molecule has 1 fully saturated rings. The van der Waals surface area contributed by atoms with Gasteiger partial charge in [-0.2, -0.15) is 0 Å². The van der Waals surface area contributed by atoms with Gasteiger partial charge in [0.15, 0.2) is 5.78 Å². The molecule has 2 nitrogen and oxygen atoms in total. The summed E-state index contributed by atoms with van der Waals surface area (Å²) in [7, 11) is 0. The molecular formula is C15H14O2. The van der Waals surface area contributed by atoms with E-state index < -0.39 is 0 Å². The number of carbonyl (C=O) groups excluding carboxylic acids is 1. The van der Waals surface area contributed by atoms with Gasteiger partial charge in [0.25, 0.3) is 0 Å². The molecule has 2 aliphatic rings. The summed E-state index contributed by atoms with van der Waals surface area (Å²) in [6.45, 7) is 0.848.